The van der Waals surface area contributed by atoms with Crippen molar-refractivity contribution in [3.8, 4) is 0 Å². The van der Waals surface area contributed by atoms with E-state index in [4.69, 9.17) is 0 Å². The number of halogens is 1. The van der Waals surface area contributed by atoms with E-state index in [1.54, 1.807) is 4.90 Å². The molecule has 88 valence electrons. The molecule has 3 nitrogen and oxygen atoms in total. The maximum atomic E-state index is 11.7. The maximum absolute atomic E-state index is 11.7. The number of rotatable bonds is 5. The molecule has 0 radical (unpaired) electrons. The van der Waals surface area contributed by atoms with Crippen molar-refractivity contribution in [3.05, 3.63) is 34.3 Å². The van der Waals surface area contributed by atoms with Gasteiger partial charge >= 0.3 is 0 Å². The van der Waals surface area contributed by atoms with Gasteiger partial charge in [0.2, 0.25) is 5.91 Å². The Morgan fingerprint density at radius 1 is 1.44 bits per heavy atom. The summed E-state index contributed by atoms with van der Waals surface area (Å²) in [5, 5.41) is 2.97. The Morgan fingerprint density at radius 3 is 2.75 bits per heavy atom. The molecular weight excluding hydrogens is 268 g/mol. The largest absolute Gasteiger partial charge is 0.341 e. The number of hydrogen-bond acceptors (Lipinski definition) is 2. The third-order valence-electron chi connectivity index (χ3n) is 2.38. The number of benzene rings is 1. The normalized spacial score (nSPS) is 10.2. The van der Waals surface area contributed by atoms with Crippen molar-refractivity contribution in [2.24, 2.45) is 0 Å². The topological polar surface area (TPSA) is 32.3 Å². The highest BCUT2D eigenvalue weighted by atomic mass is 79.9. The molecule has 1 N–H and O–H groups in total. The van der Waals surface area contributed by atoms with Crippen molar-refractivity contribution in [2.75, 3.05) is 20.6 Å². The summed E-state index contributed by atoms with van der Waals surface area (Å²) in [5.74, 6) is 0.158. The first-order valence-corrected chi connectivity index (χ1v) is 6.06. The van der Waals surface area contributed by atoms with E-state index in [2.05, 4.69) is 21.2 Å². The maximum Gasteiger partial charge on any atom is 0.223 e. The number of carbonyl (C=O) groups excluding carboxylic acids is 1. The fraction of sp³-hybridized carbons (Fsp3) is 0.417. The monoisotopic (exact) mass is 284 g/mol. The quantitative estimate of drug-likeness (QED) is 0.897. The van der Waals surface area contributed by atoms with E-state index in [0.29, 0.717) is 13.0 Å². The molecule has 0 saturated carbocycles. The van der Waals surface area contributed by atoms with Gasteiger partial charge in [-0.3, -0.25) is 4.79 Å². The summed E-state index contributed by atoms with van der Waals surface area (Å²) in [5.41, 5.74) is 1.13. The molecule has 0 aliphatic carbocycles. The van der Waals surface area contributed by atoms with Crippen LogP contribution in [-0.4, -0.2) is 31.4 Å². The highest BCUT2D eigenvalue weighted by Crippen LogP contribution is 2.17. The molecule has 0 aromatic heterocycles. The molecule has 0 aliphatic rings. The zero-order chi connectivity index (χ0) is 12.0. The second kappa shape index (κ2) is 6.66. The van der Waals surface area contributed by atoms with Crippen molar-refractivity contribution < 1.29 is 4.79 Å². The summed E-state index contributed by atoms with van der Waals surface area (Å²) in [6.07, 6.45) is 0.539. The van der Waals surface area contributed by atoms with Crippen molar-refractivity contribution in [1.82, 2.24) is 10.2 Å². The average Bonchev–Trinajstić information content (AvgIpc) is 2.28. The lowest BCUT2D eigenvalue weighted by molar-refractivity contribution is -0.130. The van der Waals surface area contributed by atoms with Gasteiger partial charge in [-0.1, -0.05) is 34.1 Å². The first-order chi connectivity index (χ1) is 7.65. The Bertz CT molecular complexity index is 355. The predicted molar refractivity (Wildman–Crippen MR) is 69.2 cm³/mol. The molecule has 1 aromatic carbocycles. The fourth-order valence-corrected chi connectivity index (χ4v) is 1.80. The van der Waals surface area contributed by atoms with Gasteiger partial charge in [-0.2, -0.15) is 0 Å². The standard InChI is InChI=1S/C12H17BrN2O/c1-14-8-7-12(16)15(2)9-10-5-3-4-6-11(10)13/h3-6,14H,7-9H2,1-2H3. The van der Waals surface area contributed by atoms with Gasteiger partial charge in [0.1, 0.15) is 0 Å². The van der Waals surface area contributed by atoms with E-state index in [-0.39, 0.29) is 5.91 Å². The lowest BCUT2D eigenvalue weighted by Crippen LogP contribution is -2.28. The van der Waals surface area contributed by atoms with Gasteiger partial charge in [-0.15, -0.1) is 0 Å². The van der Waals surface area contributed by atoms with Gasteiger partial charge in [-0.05, 0) is 18.7 Å². The fourth-order valence-electron chi connectivity index (χ4n) is 1.39. The highest BCUT2D eigenvalue weighted by molar-refractivity contribution is 9.10. The lowest BCUT2D eigenvalue weighted by Gasteiger charge is -2.18. The Labute approximate surface area is 105 Å². The molecule has 0 heterocycles. The third kappa shape index (κ3) is 3.94. The molecule has 0 unspecified atom stereocenters. The minimum atomic E-state index is 0.158. The Balaban J connectivity index is 2.54. The molecule has 0 bridgehead atoms. The predicted octanol–water partition coefficient (Wildman–Crippen LogP) is 2.02. The summed E-state index contributed by atoms with van der Waals surface area (Å²) in [4.78, 5) is 13.4. The molecule has 1 rings (SSSR count). The van der Waals surface area contributed by atoms with Crippen molar-refractivity contribution in [2.45, 2.75) is 13.0 Å². The SMILES string of the molecule is CNCCC(=O)N(C)Cc1ccccc1Br. The molecule has 1 amide bonds. The molecule has 0 spiro atoms. The van der Waals surface area contributed by atoms with Crippen LogP contribution in [-0.2, 0) is 11.3 Å². The van der Waals surface area contributed by atoms with E-state index in [0.717, 1.165) is 16.6 Å². The molecule has 0 atom stereocenters. The van der Waals surface area contributed by atoms with Crippen molar-refractivity contribution in [3.63, 3.8) is 0 Å². The number of nitrogens with zero attached hydrogens (tertiary/aromatic N) is 1. The van der Waals surface area contributed by atoms with Gasteiger partial charge < -0.3 is 10.2 Å². The van der Waals surface area contributed by atoms with Crippen LogP contribution in [0.3, 0.4) is 0 Å². The van der Waals surface area contributed by atoms with Gasteiger partial charge in [0.05, 0.1) is 0 Å². The number of nitrogens with one attached hydrogen (secondary N) is 1. The van der Waals surface area contributed by atoms with Crippen molar-refractivity contribution >= 4 is 21.8 Å². The van der Waals surface area contributed by atoms with Gasteiger partial charge in [0.25, 0.3) is 0 Å². The second-order valence-corrected chi connectivity index (χ2v) is 4.55. The zero-order valence-corrected chi connectivity index (χ0v) is 11.3. The minimum absolute atomic E-state index is 0.158. The number of carbonyl (C=O) groups is 1. The Kier molecular flexibility index (Phi) is 5.49. The van der Waals surface area contributed by atoms with Crippen LogP contribution < -0.4 is 5.32 Å². The van der Waals surface area contributed by atoms with Gasteiger partial charge in [0.15, 0.2) is 0 Å². The third-order valence-corrected chi connectivity index (χ3v) is 3.15. The van der Waals surface area contributed by atoms with Crippen LogP contribution in [0.2, 0.25) is 0 Å². The molecule has 0 saturated heterocycles. The summed E-state index contributed by atoms with van der Waals surface area (Å²) < 4.78 is 1.04. The van der Waals surface area contributed by atoms with Crippen LogP contribution in [0.25, 0.3) is 0 Å². The summed E-state index contributed by atoms with van der Waals surface area (Å²) >= 11 is 3.48. The van der Waals surface area contributed by atoms with E-state index in [1.165, 1.54) is 0 Å². The summed E-state index contributed by atoms with van der Waals surface area (Å²) in [6.45, 7) is 1.36. The number of hydrogen-bond donors (Lipinski definition) is 1. The molecular formula is C12H17BrN2O. The lowest BCUT2D eigenvalue weighted by atomic mass is 10.2. The van der Waals surface area contributed by atoms with E-state index < -0.39 is 0 Å². The minimum Gasteiger partial charge on any atom is -0.341 e. The van der Waals surface area contributed by atoms with Crippen LogP contribution in [0.1, 0.15) is 12.0 Å². The summed E-state index contributed by atoms with van der Waals surface area (Å²) in [6, 6.07) is 7.95. The number of amides is 1. The Morgan fingerprint density at radius 2 is 2.12 bits per heavy atom. The van der Waals surface area contributed by atoms with Crippen LogP contribution >= 0.6 is 15.9 Å². The van der Waals surface area contributed by atoms with Crippen LogP contribution in [0, 0.1) is 0 Å². The molecule has 4 heteroatoms. The molecule has 16 heavy (non-hydrogen) atoms. The Hall–Kier alpha value is -0.870. The van der Waals surface area contributed by atoms with Crippen LogP contribution in [0.5, 0.6) is 0 Å². The van der Waals surface area contributed by atoms with Gasteiger partial charge in [-0.25, -0.2) is 0 Å². The van der Waals surface area contributed by atoms with Crippen LogP contribution in [0.15, 0.2) is 28.7 Å². The second-order valence-electron chi connectivity index (χ2n) is 3.69. The average molecular weight is 285 g/mol. The smallest absolute Gasteiger partial charge is 0.223 e. The summed E-state index contributed by atoms with van der Waals surface area (Å²) in [7, 11) is 3.68. The van der Waals surface area contributed by atoms with Crippen molar-refractivity contribution in [1.29, 1.82) is 0 Å². The first kappa shape index (κ1) is 13.2. The molecule has 0 fully saturated rings. The van der Waals surface area contributed by atoms with Gasteiger partial charge in [0, 0.05) is 31.0 Å². The molecule has 1 aromatic rings. The highest BCUT2D eigenvalue weighted by Gasteiger charge is 2.09. The first-order valence-electron chi connectivity index (χ1n) is 5.27. The van der Waals surface area contributed by atoms with E-state index in [9.17, 15) is 4.79 Å². The molecule has 0 aliphatic heterocycles. The van der Waals surface area contributed by atoms with E-state index >= 15 is 0 Å². The van der Waals surface area contributed by atoms with E-state index in [1.807, 2.05) is 38.4 Å². The zero-order valence-electron chi connectivity index (χ0n) is 9.66. The van der Waals surface area contributed by atoms with Crippen LogP contribution in [0.4, 0.5) is 0 Å².